The summed E-state index contributed by atoms with van der Waals surface area (Å²) in [7, 11) is -6.64. The molecule has 150 valence electrons. The minimum atomic E-state index is -3.35. The van der Waals surface area contributed by atoms with Crippen molar-refractivity contribution in [2.75, 3.05) is 30.0 Å². The van der Waals surface area contributed by atoms with Gasteiger partial charge in [-0.15, -0.1) is 0 Å². The van der Waals surface area contributed by atoms with Gasteiger partial charge in [0.25, 0.3) is 0 Å². The van der Waals surface area contributed by atoms with Crippen LogP contribution in [0.4, 0.5) is 5.69 Å². The number of Topliss-reactive ketones (excluding diaryl/α,β-unsaturated/α-hetero) is 1. The first-order chi connectivity index (χ1) is 13.1. The van der Waals surface area contributed by atoms with Crippen molar-refractivity contribution in [2.45, 2.75) is 17.7 Å². The number of anilines is 1. The van der Waals surface area contributed by atoms with E-state index in [9.17, 15) is 21.6 Å². The summed E-state index contributed by atoms with van der Waals surface area (Å²) in [6.45, 7) is 0.235. The number of nitrogens with zero attached hydrogens (tertiary/aromatic N) is 1. The van der Waals surface area contributed by atoms with Crippen LogP contribution in [0.25, 0.3) is 0 Å². The minimum Gasteiger partial charge on any atom is -0.485 e. The highest BCUT2D eigenvalue weighted by Crippen LogP contribution is 2.30. The number of carbonyl (C=O) groups excluding carboxylic acids is 1. The molecule has 0 spiro atoms. The van der Waals surface area contributed by atoms with E-state index in [1.54, 1.807) is 18.2 Å². The summed E-state index contributed by atoms with van der Waals surface area (Å²) < 4.78 is 53.6. The summed E-state index contributed by atoms with van der Waals surface area (Å²) in [6.07, 6.45) is 3.69. The standard InChI is InChI=1S/C19H21NO6S2/c1-27(22,23)17-8-6-16(7-9-17)26-13-19(21)15-5-10-18-14(12-15)4-3-11-20(18)28(2,24)25/h5-10,12H,3-4,11,13H2,1-2H3. The van der Waals surface area contributed by atoms with Gasteiger partial charge in [0.05, 0.1) is 16.8 Å². The van der Waals surface area contributed by atoms with Crippen molar-refractivity contribution in [2.24, 2.45) is 0 Å². The number of sulfonamides is 1. The maximum atomic E-state index is 12.5. The number of ether oxygens (including phenoxy) is 1. The van der Waals surface area contributed by atoms with Gasteiger partial charge in [-0.05, 0) is 60.9 Å². The highest BCUT2D eigenvalue weighted by atomic mass is 32.2. The third-order valence-corrected chi connectivity index (χ3v) is 6.81. The van der Waals surface area contributed by atoms with Crippen LogP contribution in [0.15, 0.2) is 47.4 Å². The van der Waals surface area contributed by atoms with Gasteiger partial charge in [-0.3, -0.25) is 9.10 Å². The number of benzene rings is 2. The fourth-order valence-electron chi connectivity index (χ4n) is 3.10. The van der Waals surface area contributed by atoms with Crippen molar-refractivity contribution in [3.63, 3.8) is 0 Å². The Bertz CT molecular complexity index is 1110. The summed E-state index contributed by atoms with van der Waals surface area (Å²) in [5.74, 6) is 0.147. The van der Waals surface area contributed by atoms with E-state index in [-0.39, 0.29) is 17.3 Å². The van der Waals surface area contributed by atoms with Gasteiger partial charge >= 0.3 is 0 Å². The third-order valence-electron chi connectivity index (χ3n) is 4.50. The lowest BCUT2D eigenvalue weighted by atomic mass is 9.99. The van der Waals surface area contributed by atoms with Gasteiger partial charge in [-0.2, -0.15) is 0 Å². The second-order valence-electron chi connectivity index (χ2n) is 6.74. The average molecular weight is 424 g/mol. The van der Waals surface area contributed by atoms with E-state index in [1.165, 1.54) is 34.8 Å². The van der Waals surface area contributed by atoms with Crippen LogP contribution in [-0.4, -0.2) is 48.3 Å². The first kappa shape index (κ1) is 20.3. The zero-order chi connectivity index (χ0) is 20.5. The highest BCUT2D eigenvalue weighted by molar-refractivity contribution is 7.92. The van der Waals surface area contributed by atoms with E-state index in [2.05, 4.69) is 0 Å². The summed E-state index contributed by atoms with van der Waals surface area (Å²) >= 11 is 0. The van der Waals surface area contributed by atoms with Crippen molar-refractivity contribution in [1.82, 2.24) is 0 Å². The fourth-order valence-corrected chi connectivity index (χ4v) is 4.72. The Morgan fingerprint density at radius 3 is 2.32 bits per heavy atom. The van der Waals surface area contributed by atoms with Crippen LogP contribution in [0.5, 0.6) is 5.75 Å². The summed E-state index contributed by atoms with van der Waals surface area (Å²) in [4.78, 5) is 12.6. The molecule has 0 fully saturated rings. The number of rotatable bonds is 6. The number of hydrogen-bond acceptors (Lipinski definition) is 6. The lowest BCUT2D eigenvalue weighted by Crippen LogP contribution is -2.34. The predicted molar refractivity (Wildman–Crippen MR) is 106 cm³/mol. The van der Waals surface area contributed by atoms with E-state index in [0.717, 1.165) is 11.8 Å². The molecule has 28 heavy (non-hydrogen) atoms. The van der Waals surface area contributed by atoms with Crippen molar-refractivity contribution < 1.29 is 26.4 Å². The van der Waals surface area contributed by atoms with Crippen LogP contribution in [0.2, 0.25) is 0 Å². The van der Waals surface area contributed by atoms with Gasteiger partial charge in [0.1, 0.15) is 5.75 Å². The summed E-state index contributed by atoms with van der Waals surface area (Å²) in [5, 5.41) is 0. The lowest BCUT2D eigenvalue weighted by molar-refractivity contribution is 0.0921. The molecule has 7 nitrogen and oxygen atoms in total. The Hall–Kier alpha value is -2.39. The Kier molecular flexibility index (Phi) is 5.49. The van der Waals surface area contributed by atoms with E-state index in [4.69, 9.17) is 4.74 Å². The molecular formula is C19H21NO6S2. The zero-order valence-corrected chi connectivity index (χ0v) is 17.2. The first-order valence-corrected chi connectivity index (χ1v) is 12.4. The number of sulfone groups is 1. The third kappa shape index (κ3) is 4.53. The molecule has 0 atom stereocenters. The summed E-state index contributed by atoms with van der Waals surface area (Å²) in [6, 6.07) is 10.8. The zero-order valence-electron chi connectivity index (χ0n) is 15.6. The molecule has 0 N–H and O–H groups in total. The normalized spacial score (nSPS) is 14.4. The van der Waals surface area contributed by atoms with Crippen LogP contribution in [0, 0.1) is 0 Å². The largest absolute Gasteiger partial charge is 0.485 e. The smallest absolute Gasteiger partial charge is 0.232 e. The van der Waals surface area contributed by atoms with Crippen LogP contribution < -0.4 is 9.04 Å². The van der Waals surface area contributed by atoms with Crippen molar-refractivity contribution in [3.05, 3.63) is 53.6 Å². The molecular weight excluding hydrogens is 402 g/mol. The quantitative estimate of drug-likeness (QED) is 0.660. The van der Waals surface area contributed by atoms with Gasteiger partial charge in [-0.1, -0.05) is 0 Å². The molecule has 9 heteroatoms. The van der Waals surface area contributed by atoms with Gasteiger partial charge in [0, 0.05) is 18.4 Å². The van der Waals surface area contributed by atoms with Crippen molar-refractivity contribution in [3.8, 4) is 5.75 Å². The molecule has 1 heterocycles. The maximum Gasteiger partial charge on any atom is 0.232 e. The maximum absolute atomic E-state index is 12.5. The van der Waals surface area contributed by atoms with Crippen LogP contribution in [-0.2, 0) is 26.3 Å². The molecule has 0 radical (unpaired) electrons. The molecule has 0 aliphatic carbocycles. The van der Waals surface area contributed by atoms with Gasteiger partial charge in [0.2, 0.25) is 10.0 Å². The molecule has 0 unspecified atom stereocenters. The molecule has 0 bridgehead atoms. The average Bonchev–Trinajstić information content (AvgIpc) is 2.64. The van der Waals surface area contributed by atoms with Crippen LogP contribution in [0.3, 0.4) is 0 Å². The topological polar surface area (TPSA) is 97.8 Å². The number of hydrogen-bond donors (Lipinski definition) is 0. The molecule has 0 saturated carbocycles. The molecule has 0 saturated heterocycles. The monoisotopic (exact) mass is 423 g/mol. The number of aryl methyl sites for hydroxylation is 1. The van der Waals surface area contributed by atoms with E-state index in [1.807, 2.05) is 0 Å². The SMILES string of the molecule is CS(=O)(=O)c1ccc(OCC(=O)c2ccc3c(c2)CCCN3S(C)(=O)=O)cc1. The van der Waals surface area contributed by atoms with E-state index < -0.39 is 19.9 Å². The number of carbonyl (C=O) groups is 1. The Labute approximate surface area is 164 Å². The molecule has 0 amide bonds. The molecule has 1 aliphatic rings. The Morgan fingerprint density at radius 2 is 1.71 bits per heavy atom. The van der Waals surface area contributed by atoms with Crippen molar-refractivity contribution >= 4 is 31.3 Å². The van der Waals surface area contributed by atoms with Crippen molar-refractivity contribution in [1.29, 1.82) is 0 Å². The lowest BCUT2D eigenvalue weighted by Gasteiger charge is -2.29. The fraction of sp³-hybridized carbons (Fsp3) is 0.316. The van der Waals surface area contributed by atoms with E-state index in [0.29, 0.717) is 36.4 Å². The van der Waals surface area contributed by atoms with Gasteiger partial charge in [-0.25, -0.2) is 16.8 Å². The van der Waals surface area contributed by atoms with Gasteiger partial charge in [0.15, 0.2) is 22.2 Å². The number of fused-ring (bicyclic) bond motifs is 1. The Balaban J connectivity index is 1.72. The molecule has 1 aliphatic heterocycles. The van der Waals surface area contributed by atoms with E-state index >= 15 is 0 Å². The first-order valence-electron chi connectivity index (χ1n) is 8.62. The Morgan fingerprint density at radius 1 is 1.04 bits per heavy atom. The molecule has 3 rings (SSSR count). The second-order valence-corrected chi connectivity index (χ2v) is 10.7. The second kappa shape index (κ2) is 7.56. The minimum absolute atomic E-state index is 0.177. The van der Waals surface area contributed by atoms with Crippen LogP contribution in [0.1, 0.15) is 22.3 Å². The summed E-state index contributed by atoms with van der Waals surface area (Å²) in [5.41, 5.74) is 1.88. The molecule has 2 aromatic rings. The predicted octanol–water partition coefficient (Wildman–Crippen LogP) is 2.06. The number of ketones is 1. The van der Waals surface area contributed by atoms with Crippen LogP contribution >= 0.6 is 0 Å². The highest BCUT2D eigenvalue weighted by Gasteiger charge is 2.24. The molecule has 0 aromatic heterocycles. The molecule has 2 aromatic carbocycles. The van der Waals surface area contributed by atoms with Gasteiger partial charge < -0.3 is 4.74 Å².